The molecule has 0 amide bonds. The number of nitriles is 1. The highest BCUT2D eigenvalue weighted by Gasteiger charge is 2.34. The monoisotopic (exact) mass is 441 g/mol. The number of benzene rings is 3. The van der Waals surface area contributed by atoms with Crippen LogP contribution in [0.4, 0.5) is 8.78 Å². The average Bonchev–Trinajstić information content (AvgIpc) is 3.46. The lowest BCUT2D eigenvalue weighted by molar-refractivity contribution is 0.0934. The van der Waals surface area contributed by atoms with Gasteiger partial charge in [0.15, 0.2) is 23.2 Å². The van der Waals surface area contributed by atoms with E-state index in [9.17, 15) is 13.6 Å². The molecule has 0 bridgehead atoms. The van der Waals surface area contributed by atoms with Crippen LogP contribution in [-0.4, -0.2) is 15.6 Å². The SMILES string of the molecule is N#Cc1cc(F)c(Oc2cccc3c2C(=O)C(Cc2ccc(-n4cccn4)cc2)C3)c(F)c1. The topological polar surface area (TPSA) is 67.9 Å². The molecule has 1 aliphatic carbocycles. The van der Waals surface area contributed by atoms with Gasteiger partial charge in [-0.15, -0.1) is 0 Å². The quantitative estimate of drug-likeness (QED) is 0.415. The van der Waals surface area contributed by atoms with Crippen molar-refractivity contribution >= 4 is 5.78 Å². The molecule has 0 radical (unpaired) electrons. The minimum atomic E-state index is -0.997. The molecule has 0 saturated heterocycles. The molecule has 5 nitrogen and oxygen atoms in total. The third kappa shape index (κ3) is 3.87. The molecule has 0 fully saturated rings. The Morgan fingerprint density at radius 2 is 1.85 bits per heavy atom. The zero-order valence-electron chi connectivity index (χ0n) is 17.3. The van der Waals surface area contributed by atoms with E-state index in [-0.39, 0.29) is 23.0 Å². The molecule has 1 aliphatic rings. The van der Waals surface area contributed by atoms with Crippen molar-refractivity contribution in [3.63, 3.8) is 0 Å². The summed E-state index contributed by atoms with van der Waals surface area (Å²) in [6.07, 6.45) is 4.61. The summed E-state index contributed by atoms with van der Waals surface area (Å²) in [7, 11) is 0. The molecule has 1 aromatic heterocycles. The summed E-state index contributed by atoms with van der Waals surface area (Å²) in [6, 6.07) is 18.2. The maximum absolute atomic E-state index is 14.3. The van der Waals surface area contributed by atoms with Crippen LogP contribution in [0.5, 0.6) is 11.5 Å². The van der Waals surface area contributed by atoms with Gasteiger partial charge >= 0.3 is 0 Å². The predicted molar refractivity (Wildman–Crippen MR) is 116 cm³/mol. The van der Waals surface area contributed by atoms with E-state index in [4.69, 9.17) is 10.00 Å². The van der Waals surface area contributed by atoms with Crippen molar-refractivity contribution in [3.05, 3.63) is 107 Å². The van der Waals surface area contributed by atoms with Crippen LogP contribution in [0.15, 0.2) is 73.1 Å². The van der Waals surface area contributed by atoms with Crippen molar-refractivity contribution in [3.8, 4) is 23.3 Å². The summed E-state index contributed by atoms with van der Waals surface area (Å²) < 4.78 is 35.9. The van der Waals surface area contributed by atoms with Gasteiger partial charge < -0.3 is 4.74 Å². The minimum absolute atomic E-state index is 0.108. The Hall–Kier alpha value is -4.31. The molecular weight excluding hydrogens is 424 g/mol. The number of Topliss-reactive ketones (excluding diaryl/α,β-unsaturated/α-hetero) is 1. The highest BCUT2D eigenvalue weighted by atomic mass is 19.1. The Kier molecular flexibility index (Phi) is 5.19. The summed E-state index contributed by atoms with van der Waals surface area (Å²) in [5.41, 5.74) is 2.91. The Bertz CT molecular complexity index is 1370. The molecule has 0 spiro atoms. The molecule has 0 saturated carbocycles. The van der Waals surface area contributed by atoms with Crippen molar-refractivity contribution in [1.29, 1.82) is 5.26 Å². The molecule has 0 aliphatic heterocycles. The number of ketones is 1. The van der Waals surface area contributed by atoms with Crippen LogP contribution in [0.1, 0.15) is 27.0 Å². The number of aromatic nitrogens is 2. The summed E-state index contributed by atoms with van der Waals surface area (Å²) in [5, 5.41) is 13.1. The first-order valence-electron chi connectivity index (χ1n) is 10.4. The van der Waals surface area contributed by atoms with E-state index >= 15 is 0 Å². The Morgan fingerprint density at radius 3 is 2.52 bits per heavy atom. The van der Waals surface area contributed by atoms with Gasteiger partial charge in [-0.2, -0.15) is 10.4 Å². The van der Waals surface area contributed by atoms with Crippen LogP contribution in [0.25, 0.3) is 5.69 Å². The number of hydrogen-bond donors (Lipinski definition) is 0. The molecule has 5 rings (SSSR count). The van der Waals surface area contributed by atoms with Gasteiger partial charge in [0, 0.05) is 18.3 Å². The Balaban J connectivity index is 1.38. The number of halogens is 2. The summed E-state index contributed by atoms with van der Waals surface area (Å²) in [6.45, 7) is 0. The molecule has 162 valence electrons. The predicted octanol–water partition coefficient (Wildman–Crippen LogP) is 5.41. The van der Waals surface area contributed by atoms with Gasteiger partial charge in [0.25, 0.3) is 0 Å². The third-order valence-electron chi connectivity index (χ3n) is 5.72. The van der Waals surface area contributed by atoms with Crippen molar-refractivity contribution in [1.82, 2.24) is 9.78 Å². The maximum atomic E-state index is 14.3. The highest BCUT2D eigenvalue weighted by molar-refractivity contribution is 6.04. The van der Waals surface area contributed by atoms with Gasteiger partial charge in [0.1, 0.15) is 5.75 Å². The maximum Gasteiger partial charge on any atom is 0.198 e. The smallest absolute Gasteiger partial charge is 0.198 e. The summed E-state index contributed by atoms with van der Waals surface area (Å²) in [4.78, 5) is 13.2. The fraction of sp³-hybridized carbons (Fsp3) is 0.115. The van der Waals surface area contributed by atoms with E-state index in [1.54, 1.807) is 23.0 Å². The number of nitrogens with zero attached hydrogens (tertiary/aromatic N) is 3. The van der Waals surface area contributed by atoms with Crippen LogP contribution in [0.3, 0.4) is 0 Å². The van der Waals surface area contributed by atoms with Gasteiger partial charge in [-0.3, -0.25) is 4.79 Å². The fourth-order valence-corrected chi connectivity index (χ4v) is 4.16. The van der Waals surface area contributed by atoms with Gasteiger partial charge in [-0.05, 0) is 60.4 Å². The van der Waals surface area contributed by atoms with Crippen molar-refractivity contribution in [2.45, 2.75) is 12.8 Å². The van der Waals surface area contributed by atoms with Crippen LogP contribution in [-0.2, 0) is 12.8 Å². The number of hydrogen-bond acceptors (Lipinski definition) is 4. The van der Waals surface area contributed by atoms with E-state index in [0.717, 1.165) is 28.9 Å². The lowest BCUT2D eigenvalue weighted by atomic mass is 9.95. The molecule has 1 heterocycles. The minimum Gasteiger partial charge on any atom is -0.450 e. The lowest BCUT2D eigenvalue weighted by Crippen LogP contribution is -2.13. The Labute approximate surface area is 188 Å². The van der Waals surface area contributed by atoms with E-state index < -0.39 is 17.4 Å². The summed E-state index contributed by atoms with van der Waals surface area (Å²) in [5.74, 6) is -2.93. The number of rotatable bonds is 5. The van der Waals surface area contributed by atoms with E-state index in [0.29, 0.717) is 18.4 Å². The van der Waals surface area contributed by atoms with Crippen molar-refractivity contribution in [2.75, 3.05) is 0 Å². The van der Waals surface area contributed by atoms with Crippen LogP contribution < -0.4 is 4.74 Å². The molecule has 0 N–H and O–H groups in total. The van der Waals surface area contributed by atoms with Crippen molar-refractivity contribution in [2.24, 2.45) is 5.92 Å². The highest BCUT2D eigenvalue weighted by Crippen LogP contribution is 2.38. The standard InChI is InChI=1S/C26H17F2N3O2/c27-21-12-17(15-29)13-22(28)26(21)33-23-4-1-3-18-14-19(25(32)24(18)23)11-16-5-7-20(8-6-16)31-10-2-9-30-31/h1-10,12-13,19H,11,14H2. The first kappa shape index (κ1) is 20.6. The zero-order valence-corrected chi connectivity index (χ0v) is 17.3. The normalized spacial score (nSPS) is 14.7. The van der Waals surface area contributed by atoms with Crippen LogP contribution in [0, 0.1) is 28.9 Å². The molecular formula is C26H17F2N3O2. The number of carbonyl (C=O) groups is 1. The number of carbonyl (C=O) groups excluding carboxylic acids is 1. The van der Waals surface area contributed by atoms with Gasteiger partial charge in [0.2, 0.25) is 0 Å². The summed E-state index contributed by atoms with van der Waals surface area (Å²) >= 11 is 0. The number of fused-ring (bicyclic) bond motifs is 1. The molecule has 3 aromatic carbocycles. The first-order chi connectivity index (χ1) is 16.0. The molecule has 1 atom stereocenters. The second kappa shape index (κ2) is 8.32. The Morgan fingerprint density at radius 1 is 1.09 bits per heavy atom. The van der Waals surface area contributed by atoms with Gasteiger partial charge in [0.05, 0.1) is 22.9 Å². The zero-order chi connectivity index (χ0) is 22.9. The van der Waals surface area contributed by atoms with Crippen LogP contribution >= 0.6 is 0 Å². The second-order valence-corrected chi connectivity index (χ2v) is 7.86. The average molecular weight is 441 g/mol. The first-order valence-corrected chi connectivity index (χ1v) is 10.4. The number of ether oxygens (including phenoxy) is 1. The van der Waals surface area contributed by atoms with E-state index in [2.05, 4.69) is 5.10 Å². The van der Waals surface area contributed by atoms with Gasteiger partial charge in [-0.25, -0.2) is 13.5 Å². The lowest BCUT2D eigenvalue weighted by Gasteiger charge is -2.12. The van der Waals surface area contributed by atoms with Crippen LogP contribution in [0.2, 0.25) is 0 Å². The fourth-order valence-electron chi connectivity index (χ4n) is 4.16. The third-order valence-corrected chi connectivity index (χ3v) is 5.72. The molecule has 7 heteroatoms. The van der Waals surface area contributed by atoms with E-state index in [1.807, 2.05) is 42.6 Å². The van der Waals surface area contributed by atoms with Crippen molar-refractivity contribution < 1.29 is 18.3 Å². The molecule has 1 unspecified atom stereocenters. The largest absolute Gasteiger partial charge is 0.450 e. The second-order valence-electron chi connectivity index (χ2n) is 7.86. The van der Waals surface area contributed by atoms with E-state index in [1.165, 1.54) is 6.07 Å². The molecule has 4 aromatic rings. The molecule has 33 heavy (non-hydrogen) atoms. The van der Waals surface area contributed by atoms with Gasteiger partial charge in [-0.1, -0.05) is 24.3 Å².